The van der Waals surface area contributed by atoms with Gasteiger partial charge in [0.05, 0.1) is 12.5 Å². The van der Waals surface area contributed by atoms with Crippen molar-refractivity contribution in [2.24, 2.45) is 0 Å². The Bertz CT molecular complexity index is 378. The molecule has 0 spiro atoms. The van der Waals surface area contributed by atoms with Crippen molar-refractivity contribution < 1.29 is 9.59 Å². The van der Waals surface area contributed by atoms with E-state index in [1.807, 2.05) is 12.1 Å². The molecular weight excluding hydrogens is 194 g/mol. The van der Waals surface area contributed by atoms with Crippen LogP contribution in [0.15, 0.2) is 24.5 Å². The predicted molar refractivity (Wildman–Crippen MR) is 52.6 cm³/mol. The van der Waals surface area contributed by atoms with Crippen molar-refractivity contribution in [3.8, 4) is 0 Å². The summed E-state index contributed by atoms with van der Waals surface area (Å²) in [5.41, 5.74) is 0.990. The smallest absolute Gasteiger partial charge is 0.244 e. The average molecular weight is 205 g/mol. The van der Waals surface area contributed by atoms with Gasteiger partial charge in [-0.15, -0.1) is 0 Å². The van der Waals surface area contributed by atoms with E-state index in [-0.39, 0.29) is 18.2 Å². The van der Waals surface area contributed by atoms with Crippen molar-refractivity contribution in [1.29, 1.82) is 0 Å². The van der Waals surface area contributed by atoms with E-state index in [0.29, 0.717) is 6.54 Å². The molecule has 5 nitrogen and oxygen atoms in total. The molecule has 1 aliphatic rings. The summed E-state index contributed by atoms with van der Waals surface area (Å²) < 4.78 is 0. The summed E-state index contributed by atoms with van der Waals surface area (Å²) in [5, 5.41) is 5.25. The minimum absolute atomic E-state index is 0.219. The van der Waals surface area contributed by atoms with Gasteiger partial charge in [0.25, 0.3) is 0 Å². The summed E-state index contributed by atoms with van der Waals surface area (Å²) in [5.74, 6) is -0.465. The second-order valence-corrected chi connectivity index (χ2v) is 3.41. The van der Waals surface area contributed by atoms with Crippen molar-refractivity contribution in [1.82, 2.24) is 15.6 Å². The maximum absolute atomic E-state index is 11.2. The number of carbonyl (C=O) groups is 2. The number of nitrogens with one attached hydrogen (secondary N) is 2. The van der Waals surface area contributed by atoms with Gasteiger partial charge in [-0.25, -0.2) is 0 Å². The normalized spacial score (nSPS) is 20.4. The van der Waals surface area contributed by atoms with Crippen LogP contribution in [0.4, 0.5) is 0 Å². The lowest BCUT2D eigenvalue weighted by molar-refractivity contribution is -0.125. The Balaban J connectivity index is 1.89. The van der Waals surface area contributed by atoms with Crippen molar-refractivity contribution in [2.75, 3.05) is 0 Å². The molecule has 1 aliphatic heterocycles. The van der Waals surface area contributed by atoms with Crippen LogP contribution in [0.25, 0.3) is 0 Å². The zero-order valence-electron chi connectivity index (χ0n) is 8.06. The van der Waals surface area contributed by atoms with E-state index in [2.05, 4.69) is 15.6 Å². The minimum Gasteiger partial charge on any atom is -0.301 e. The lowest BCUT2D eigenvalue weighted by Gasteiger charge is -2.08. The molecule has 2 heterocycles. The molecule has 0 radical (unpaired) electrons. The second-order valence-electron chi connectivity index (χ2n) is 3.41. The third-order valence-corrected chi connectivity index (χ3v) is 2.24. The van der Waals surface area contributed by atoms with Crippen molar-refractivity contribution in [3.05, 3.63) is 30.1 Å². The molecule has 0 aliphatic carbocycles. The molecule has 78 valence electrons. The first-order chi connectivity index (χ1) is 7.25. The van der Waals surface area contributed by atoms with Gasteiger partial charge in [-0.3, -0.25) is 19.9 Å². The van der Waals surface area contributed by atoms with E-state index < -0.39 is 6.04 Å². The highest BCUT2D eigenvalue weighted by atomic mass is 16.2. The van der Waals surface area contributed by atoms with Gasteiger partial charge in [0.15, 0.2) is 0 Å². The SMILES string of the molecule is O=C1C[C@@H](NCc2cccnc2)C(=O)N1. The zero-order chi connectivity index (χ0) is 10.7. The van der Waals surface area contributed by atoms with E-state index in [4.69, 9.17) is 0 Å². The van der Waals surface area contributed by atoms with Crippen LogP contribution in [0, 0.1) is 0 Å². The maximum Gasteiger partial charge on any atom is 0.244 e. The lowest BCUT2D eigenvalue weighted by atomic mass is 10.2. The monoisotopic (exact) mass is 205 g/mol. The van der Waals surface area contributed by atoms with Crippen LogP contribution >= 0.6 is 0 Å². The van der Waals surface area contributed by atoms with Crippen LogP contribution in [-0.4, -0.2) is 22.8 Å². The lowest BCUT2D eigenvalue weighted by Crippen LogP contribution is -2.35. The topological polar surface area (TPSA) is 71.1 Å². The molecule has 1 atom stereocenters. The van der Waals surface area contributed by atoms with Crippen LogP contribution in [0.5, 0.6) is 0 Å². The number of aromatic nitrogens is 1. The fourth-order valence-electron chi connectivity index (χ4n) is 1.46. The molecule has 0 unspecified atom stereocenters. The van der Waals surface area contributed by atoms with Gasteiger partial charge in [0.1, 0.15) is 0 Å². The largest absolute Gasteiger partial charge is 0.301 e. The summed E-state index contributed by atoms with van der Waals surface area (Å²) in [6.07, 6.45) is 3.63. The Hall–Kier alpha value is -1.75. The molecule has 2 amide bonds. The Morgan fingerprint density at radius 3 is 3.00 bits per heavy atom. The third-order valence-electron chi connectivity index (χ3n) is 2.24. The first-order valence-corrected chi connectivity index (χ1v) is 4.71. The molecule has 5 heteroatoms. The Morgan fingerprint density at radius 2 is 2.40 bits per heavy atom. The van der Waals surface area contributed by atoms with Crippen LogP contribution < -0.4 is 10.6 Å². The van der Waals surface area contributed by atoms with Gasteiger partial charge in [0.2, 0.25) is 11.8 Å². The van der Waals surface area contributed by atoms with Crippen molar-refractivity contribution in [3.63, 3.8) is 0 Å². The Kier molecular flexibility index (Phi) is 2.73. The van der Waals surface area contributed by atoms with E-state index >= 15 is 0 Å². The van der Waals surface area contributed by atoms with Crippen LogP contribution in [-0.2, 0) is 16.1 Å². The molecule has 0 bridgehead atoms. The zero-order valence-corrected chi connectivity index (χ0v) is 8.06. The molecule has 1 aromatic rings. The Labute approximate surface area is 86.9 Å². The molecular formula is C10H11N3O2. The first kappa shape index (κ1) is 9.79. The molecule has 0 saturated carbocycles. The second kappa shape index (κ2) is 4.18. The molecule has 2 rings (SSSR count). The highest BCUT2D eigenvalue weighted by Gasteiger charge is 2.29. The molecule has 1 saturated heterocycles. The summed E-state index contributed by atoms with van der Waals surface area (Å²) in [4.78, 5) is 26.0. The molecule has 2 N–H and O–H groups in total. The fourth-order valence-corrected chi connectivity index (χ4v) is 1.46. The number of imide groups is 1. The van der Waals surface area contributed by atoms with Crippen LogP contribution in [0.3, 0.4) is 0 Å². The molecule has 1 fully saturated rings. The molecule has 0 aromatic carbocycles. The number of rotatable bonds is 3. The standard InChI is InChI=1S/C10H11N3O2/c14-9-4-8(10(15)13-9)12-6-7-2-1-3-11-5-7/h1-3,5,8,12H,4,6H2,(H,13,14,15)/t8-/m1/s1. The number of hydrogen-bond acceptors (Lipinski definition) is 4. The van der Waals surface area contributed by atoms with Gasteiger partial charge in [-0.05, 0) is 11.6 Å². The van der Waals surface area contributed by atoms with Crippen LogP contribution in [0.1, 0.15) is 12.0 Å². The predicted octanol–water partition coefficient (Wildman–Crippen LogP) is -0.414. The quantitative estimate of drug-likeness (QED) is 0.658. The van der Waals surface area contributed by atoms with E-state index in [1.54, 1.807) is 12.4 Å². The van der Waals surface area contributed by atoms with E-state index in [1.165, 1.54) is 0 Å². The molecule has 1 aromatic heterocycles. The fraction of sp³-hybridized carbons (Fsp3) is 0.300. The number of pyridine rings is 1. The minimum atomic E-state index is -0.405. The maximum atomic E-state index is 11.2. The van der Waals surface area contributed by atoms with Crippen LogP contribution in [0.2, 0.25) is 0 Å². The summed E-state index contributed by atoms with van der Waals surface area (Å²) in [6, 6.07) is 3.34. The number of hydrogen-bond donors (Lipinski definition) is 2. The van der Waals surface area contributed by atoms with Gasteiger partial charge in [-0.2, -0.15) is 0 Å². The third kappa shape index (κ3) is 2.38. The average Bonchev–Trinajstić information content (AvgIpc) is 2.56. The van der Waals surface area contributed by atoms with Gasteiger partial charge >= 0.3 is 0 Å². The number of nitrogens with zero attached hydrogens (tertiary/aromatic N) is 1. The van der Waals surface area contributed by atoms with Gasteiger partial charge < -0.3 is 5.32 Å². The highest BCUT2D eigenvalue weighted by molar-refractivity contribution is 6.05. The van der Waals surface area contributed by atoms with E-state index in [9.17, 15) is 9.59 Å². The van der Waals surface area contributed by atoms with Crippen molar-refractivity contribution in [2.45, 2.75) is 19.0 Å². The molecule has 15 heavy (non-hydrogen) atoms. The van der Waals surface area contributed by atoms with E-state index in [0.717, 1.165) is 5.56 Å². The summed E-state index contributed by atoms with van der Waals surface area (Å²) in [7, 11) is 0. The highest BCUT2D eigenvalue weighted by Crippen LogP contribution is 2.03. The number of amides is 2. The van der Waals surface area contributed by atoms with Gasteiger partial charge in [0, 0.05) is 18.9 Å². The number of carbonyl (C=O) groups excluding carboxylic acids is 2. The first-order valence-electron chi connectivity index (χ1n) is 4.71. The summed E-state index contributed by atoms with van der Waals surface area (Å²) >= 11 is 0. The van der Waals surface area contributed by atoms with Gasteiger partial charge in [-0.1, -0.05) is 6.07 Å². The Morgan fingerprint density at radius 1 is 1.53 bits per heavy atom. The summed E-state index contributed by atoms with van der Waals surface area (Å²) in [6.45, 7) is 0.541. The van der Waals surface area contributed by atoms with Crippen molar-refractivity contribution >= 4 is 11.8 Å².